The Morgan fingerprint density at radius 3 is 2.81 bits per heavy atom. The maximum atomic E-state index is 11.1. The fourth-order valence-electron chi connectivity index (χ4n) is 2.83. The molecule has 0 saturated heterocycles. The third-order valence-corrected chi connectivity index (χ3v) is 3.99. The van der Waals surface area contributed by atoms with Crippen molar-refractivity contribution < 1.29 is 14.6 Å². The molecule has 2 aromatic rings. The van der Waals surface area contributed by atoms with Gasteiger partial charge in [-0.05, 0) is 56.2 Å². The third-order valence-electron chi connectivity index (χ3n) is 3.99. The summed E-state index contributed by atoms with van der Waals surface area (Å²) in [5.41, 5.74) is 1.79. The van der Waals surface area contributed by atoms with Crippen molar-refractivity contribution in [2.24, 2.45) is 0 Å². The van der Waals surface area contributed by atoms with Crippen LogP contribution in [-0.4, -0.2) is 21.7 Å². The summed E-state index contributed by atoms with van der Waals surface area (Å²) >= 11 is 0. The van der Waals surface area contributed by atoms with Gasteiger partial charge in [0.1, 0.15) is 11.4 Å². The number of pyridine rings is 1. The third kappa shape index (κ3) is 2.49. The Hall–Kier alpha value is -2.36. The van der Waals surface area contributed by atoms with E-state index in [9.17, 15) is 4.79 Å². The molecule has 108 valence electrons. The first kappa shape index (κ1) is 13.6. The van der Waals surface area contributed by atoms with Crippen LogP contribution in [-0.2, 0) is 6.42 Å². The summed E-state index contributed by atoms with van der Waals surface area (Å²) in [5, 5.41) is 9.12. The zero-order valence-corrected chi connectivity index (χ0v) is 12.0. The van der Waals surface area contributed by atoms with Crippen molar-refractivity contribution in [1.82, 2.24) is 4.98 Å². The number of nitrogens with zero attached hydrogens (tertiary/aromatic N) is 1. The first-order valence-corrected chi connectivity index (χ1v) is 6.93. The van der Waals surface area contributed by atoms with E-state index in [4.69, 9.17) is 9.84 Å². The number of ether oxygens (including phenoxy) is 1. The molecule has 1 N–H and O–H groups in total. The first-order valence-electron chi connectivity index (χ1n) is 6.93. The maximum absolute atomic E-state index is 11.1. The average Bonchev–Trinajstić information content (AvgIpc) is 2.46. The Labute approximate surface area is 123 Å². The van der Waals surface area contributed by atoms with Gasteiger partial charge in [-0.25, -0.2) is 4.79 Å². The number of hydrogen-bond acceptors (Lipinski definition) is 3. The molecular weight excluding hydrogens is 266 g/mol. The molecule has 0 aliphatic carbocycles. The molecule has 0 fully saturated rings. The highest BCUT2D eigenvalue weighted by molar-refractivity contribution is 5.88. The molecule has 0 radical (unpaired) electrons. The topological polar surface area (TPSA) is 59.4 Å². The summed E-state index contributed by atoms with van der Waals surface area (Å²) in [6.45, 7) is 4.08. The van der Waals surface area contributed by atoms with Crippen LogP contribution in [0, 0.1) is 0 Å². The fraction of sp³-hybridized carbons (Fsp3) is 0.294. The van der Waals surface area contributed by atoms with E-state index in [1.165, 1.54) is 0 Å². The molecule has 1 aromatic carbocycles. The lowest BCUT2D eigenvalue weighted by molar-refractivity contribution is 0.0596. The van der Waals surface area contributed by atoms with E-state index in [0.717, 1.165) is 23.4 Å². The van der Waals surface area contributed by atoms with Gasteiger partial charge in [-0.2, -0.15) is 0 Å². The maximum Gasteiger partial charge on any atom is 0.335 e. The predicted molar refractivity (Wildman–Crippen MR) is 78.8 cm³/mol. The number of hydrogen-bond donors (Lipinski definition) is 1. The summed E-state index contributed by atoms with van der Waals surface area (Å²) in [6.07, 6.45) is 2.50. The van der Waals surface area contributed by atoms with E-state index in [1.807, 2.05) is 32.0 Å². The molecule has 2 heterocycles. The predicted octanol–water partition coefficient (Wildman–Crippen LogP) is 3.28. The molecule has 1 aliphatic heterocycles. The average molecular weight is 283 g/mol. The van der Waals surface area contributed by atoms with Crippen LogP contribution in [0.4, 0.5) is 0 Å². The number of benzene rings is 1. The van der Waals surface area contributed by atoms with Crippen LogP contribution < -0.4 is 4.74 Å². The number of rotatable bonds is 2. The zero-order valence-electron chi connectivity index (χ0n) is 12.0. The minimum Gasteiger partial charge on any atom is -0.487 e. The molecule has 4 nitrogen and oxygen atoms in total. The molecule has 0 spiro atoms. The van der Waals surface area contributed by atoms with Crippen molar-refractivity contribution in [1.29, 1.82) is 0 Å². The van der Waals surface area contributed by atoms with Gasteiger partial charge in [-0.1, -0.05) is 6.07 Å². The molecule has 21 heavy (non-hydrogen) atoms. The molecule has 0 amide bonds. The second-order valence-electron chi connectivity index (χ2n) is 5.84. The minimum absolute atomic E-state index is 0.0928. The lowest BCUT2D eigenvalue weighted by Gasteiger charge is -2.39. The van der Waals surface area contributed by atoms with Crippen molar-refractivity contribution in [2.45, 2.75) is 31.8 Å². The molecule has 0 bridgehead atoms. The highest BCUT2D eigenvalue weighted by Gasteiger charge is 2.38. The number of carbonyl (C=O) groups is 1. The van der Waals surface area contributed by atoms with Gasteiger partial charge in [-0.15, -0.1) is 0 Å². The standard InChI is InChI=1S/C17H17NO3/c1-17(2)13(14-5-3-4-8-18-14)10-12-9-11(16(19)20)6-7-15(12)21-17/h3-9,13H,10H2,1-2H3,(H,19,20). The Bertz CT molecular complexity index is 680. The number of fused-ring (bicyclic) bond motifs is 1. The van der Waals surface area contributed by atoms with Gasteiger partial charge < -0.3 is 9.84 Å². The van der Waals surface area contributed by atoms with E-state index in [-0.39, 0.29) is 17.1 Å². The van der Waals surface area contributed by atoms with Crippen LogP contribution in [0.5, 0.6) is 5.75 Å². The monoisotopic (exact) mass is 283 g/mol. The number of aromatic carboxylic acids is 1. The summed E-state index contributed by atoms with van der Waals surface area (Å²) in [7, 11) is 0. The van der Waals surface area contributed by atoms with Crippen LogP contribution >= 0.6 is 0 Å². The number of aromatic nitrogens is 1. The molecule has 1 atom stereocenters. The summed E-state index contributed by atoms with van der Waals surface area (Å²) < 4.78 is 6.09. The Morgan fingerprint density at radius 1 is 1.33 bits per heavy atom. The fourth-order valence-corrected chi connectivity index (χ4v) is 2.83. The quantitative estimate of drug-likeness (QED) is 0.919. The van der Waals surface area contributed by atoms with E-state index in [0.29, 0.717) is 0 Å². The second-order valence-corrected chi connectivity index (χ2v) is 5.84. The summed E-state index contributed by atoms with van der Waals surface area (Å²) in [5.74, 6) is -0.0653. The lowest BCUT2D eigenvalue weighted by Crippen LogP contribution is -2.41. The van der Waals surface area contributed by atoms with Gasteiger partial charge >= 0.3 is 5.97 Å². The lowest BCUT2D eigenvalue weighted by atomic mass is 9.80. The van der Waals surface area contributed by atoms with Gasteiger partial charge in [0.05, 0.1) is 5.56 Å². The van der Waals surface area contributed by atoms with Crippen LogP contribution in [0.3, 0.4) is 0 Å². The van der Waals surface area contributed by atoms with Crippen molar-refractivity contribution in [2.75, 3.05) is 0 Å². The van der Waals surface area contributed by atoms with Crippen LogP contribution in [0.15, 0.2) is 42.6 Å². The molecule has 1 aromatic heterocycles. The Kier molecular flexibility index (Phi) is 3.16. The van der Waals surface area contributed by atoms with Crippen molar-refractivity contribution in [3.8, 4) is 5.75 Å². The van der Waals surface area contributed by atoms with Crippen molar-refractivity contribution >= 4 is 5.97 Å². The smallest absolute Gasteiger partial charge is 0.335 e. The van der Waals surface area contributed by atoms with Crippen molar-refractivity contribution in [3.63, 3.8) is 0 Å². The molecule has 4 heteroatoms. The summed E-state index contributed by atoms with van der Waals surface area (Å²) in [4.78, 5) is 15.5. The largest absolute Gasteiger partial charge is 0.487 e. The van der Waals surface area contributed by atoms with E-state index >= 15 is 0 Å². The van der Waals surface area contributed by atoms with Gasteiger partial charge in [0.2, 0.25) is 0 Å². The highest BCUT2D eigenvalue weighted by atomic mass is 16.5. The highest BCUT2D eigenvalue weighted by Crippen LogP contribution is 2.41. The zero-order chi connectivity index (χ0) is 15.0. The molecule has 1 aliphatic rings. The number of carboxylic acids is 1. The Balaban J connectivity index is 2.02. The van der Waals surface area contributed by atoms with E-state index in [1.54, 1.807) is 24.4 Å². The van der Waals surface area contributed by atoms with Crippen LogP contribution in [0.25, 0.3) is 0 Å². The molecule has 3 rings (SSSR count). The molecule has 1 unspecified atom stereocenters. The first-order chi connectivity index (χ1) is 9.97. The molecule has 0 saturated carbocycles. The second kappa shape index (κ2) is 4.88. The van der Waals surface area contributed by atoms with Crippen molar-refractivity contribution in [3.05, 3.63) is 59.4 Å². The van der Waals surface area contributed by atoms with Gasteiger partial charge in [0, 0.05) is 17.8 Å². The Morgan fingerprint density at radius 2 is 2.14 bits per heavy atom. The summed E-state index contributed by atoms with van der Waals surface area (Å²) in [6, 6.07) is 10.9. The SMILES string of the molecule is CC1(C)Oc2ccc(C(=O)O)cc2CC1c1ccccn1. The van der Waals surface area contributed by atoms with Gasteiger partial charge in [0.25, 0.3) is 0 Å². The van der Waals surface area contributed by atoms with Crippen LogP contribution in [0.1, 0.15) is 41.4 Å². The molecular formula is C17H17NO3. The van der Waals surface area contributed by atoms with Crippen LogP contribution in [0.2, 0.25) is 0 Å². The van der Waals surface area contributed by atoms with E-state index < -0.39 is 5.97 Å². The van der Waals surface area contributed by atoms with E-state index in [2.05, 4.69) is 4.98 Å². The minimum atomic E-state index is -0.919. The normalized spacial score (nSPS) is 19.4. The number of carboxylic acid groups (broad SMARTS) is 1. The van der Waals surface area contributed by atoms with Gasteiger partial charge in [-0.3, -0.25) is 4.98 Å². The van der Waals surface area contributed by atoms with Gasteiger partial charge in [0.15, 0.2) is 0 Å².